The second kappa shape index (κ2) is 11.1. The van der Waals surface area contributed by atoms with Crippen molar-refractivity contribution < 1.29 is 38.7 Å². The fraction of sp³-hybridized carbons (Fsp3) is 0.200. The van der Waals surface area contributed by atoms with Crippen molar-refractivity contribution in [1.29, 1.82) is 0 Å². The molecule has 0 saturated carbocycles. The molecular formula is C20H22N4O8. The number of phenols is 2. The van der Waals surface area contributed by atoms with Gasteiger partial charge in [0, 0.05) is 11.1 Å². The lowest BCUT2D eigenvalue weighted by Crippen LogP contribution is -2.35. The number of nitrogens with one attached hydrogen (secondary N) is 2. The molecule has 12 nitrogen and oxygen atoms in total. The van der Waals surface area contributed by atoms with Crippen LogP contribution in [0.25, 0.3) is 0 Å². The molecule has 2 amide bonds. The molecule has 32 heavy (non-hydrogen) atoms. The van der Waals surface area contributed by atoms with Crippen molar-refractivity contribution in [2.24, 2.45) is 10.2 Å². The average Bonchev–Trinajstić information content (AvgIpc) is 2.80. The second-order valence-corrected chi connectivity index (χ2v) is 5.95. The number of benzene rings is 2. The first kappa shape index (κ1) is 23.8. The van der Waals surface area contributed by atoms with Crippen LogP contribution in [-0.4, -0.2) is 62.9 Å². The molecule has 2 rings (SSSR count). The fourth-order valence-electron chi connectivity index (χ4n) is 2.41. The lowest BCUT2D eigenvalue weighted by Gasteiger charge is -2.09. The zero-order chi connectivity index (χ0) is 23.7. The minimum atomic E-state index is -1.07. The maximum atomic E-state index is 11.8. The molecule has 0 spiro atoms. The van der Waals surface area contributed by atoms with Gasteiger partial charge in [-0.25, -0.2) is 10.9 Å². The number of phenolic OH excluding ortho intramolecular Hbond substituents is 2. The Morgan fingerprint density at radius 3 is 1.22 bits per heavy atom. The Morgan fingerprint density at radius 2 is 0.969 bits per heavy atom. The molecule has 0 aliphatic heterocycles. The van der Waals surface area contributed by atoms with Crippen LogP contribution in [0.3, 0.4) is 0 Å². The Hall–Kier alpha value is -4.48. The number of ether oxygens (including phenoxy) is 4. The summed E-state index contributed by atoms with van der Waals surface area (Å²) in [7, 11) is 5.47. The number of aromatic hydroxyl groups is 2. The van der Waals surface area contributed by atoms with Crippen molar-refractivity contribution in [3.05, 3.63) is 35.4 Å². The van der Waals surface area contributed by atoms with Gasteiger partial charge in [-0.1, -0.05) is 0 Å². The van der Waals surface area contributed by atoms with Gasteiger partial charge in [0.25, 0.3) is 0 Å². The third-order valence-electron chi connectivity index (χ3n) is 3.97. The van der Waals surface area contributed by atoms with Gasteiger partial charge in [-0.05, 0) is 24.3 Å². The summed E-state index contributed by atoms with van der Waals surface area (Å²) in [4.78, 5) is 23.7. The van der Waals surface area contributed by atoms with Crippen LogP contribution in [0.2, 0.25) is 0 Å². The number of carbonyl (C=O) groups excluding carboxylic acids is 2. The molecule has 170 valence electrons. The van der Waals surface area contributed by atoms with Crippen LogP contribution in [0.5, 0.6) is 34.5 Å². The van der Waals surface area contributed by atoms with Gasteiger partial charge in [-0.2, -0.15) is 10.2 Å². The van der Waals surface area contributed by atoms with E-state index < -0.39 is 11.8 Å². The van der Waals surface area contributed by atoms with Gasteiger partial charge in [-0.15, -0.1) is 0 Å². The topological polar surface area (TPSA) is 160 Å². The predicted octanol–water partition coefficient (Wildman–Crippen LogP) is 0.733. The van der Waals surface area contributed by atoms with Crippen LogP contribution in [0, 0.1) is 0 Å². The van der Waals surface area contributed by atoms with Gasteiger partial charge in [0.05, 0.1) is 40.9 Å². The first-order valence-corrected chi connectivity index (χ1v) is 8.91. The first-order chi connectivity index (χ1) is 15.3. The van der Waals surface area contributed by atoms with E-state index in [0.29, 0.717) is 11.1 Å². The Kier molecular flexibility index (Phi) is 8.22. The van der Waals surface area contributed by atoms with Crippen molar-refractivity contribution in [2.45, 2.75) is 0 Å². The van der Waals surface area contributed by atoms with E-state index in [0.717, 1.165) is 0 Å². The number of hydrogen-bond acceptors (Lipinski definition) is 10. The average molecular weight is 446 g/mol. The van der Waals surface area contributed by atoms with Crippen LogP contribution >= 0.6 is 0 Å². The monoisotopic (exact) mass is 446 g/mol. The van der Waals surface area contributed by atoms with Crippen LogP contribution in [-0.2, 0) is 9.59 Å². The summed E-state index contributed by atoms with van der Waals surface area (Å²) in [6.45, 7) is 0. The van der Waals surface area contributed by atoms with Crippen LogP contribution < -0.4 is 29.8 Å². The maximum Gasteiger partial charge on any atom is 0.331 e. The summed E-state index contributed by atoms with van der Waals surface area (Å²) in [5, 5.41) is 27.1. The maximum absolute atomic E-state index is 11.8. The minimum absolute atomic E-state index is 0.145. The standard InChI is InChI=1S/C20H22N4O8/c1-29-13-5-11(6-14(30-2)17(13)25)9-21-23-19(27)20(28)24-22-10-12-7-15(31-3)18(26)16(8-12)32-4/h5-10,25-26H,1-4H3,(H,23,27)(H,24,28). The molecule has 0 saturated heterocycles. The Balaban J connectivity index is 1.99. The highest BCUT2D eigenvalue weighted by Gasteiger charge is 2.13. The van der Waals surface area contributed by atoms with Crippen molar-refractivity contribution in [3.8, 4) is 34.5 Å². The third kappa shape index (κ3) is 5.78. The largest absolute Gasteiger partial charge is 0.502 e. The summed E-state index contributed by atoms with van der Waals surface area (Å²) >= 11 is 0. The van der Waals surface area contributed by atoms with Crippen molar-refractivity contribution in [3.63, 3.8) is 0 Å². The second-order valence-electron chi connectivity index (χ2n) is 5.95. The fourth-order valence-corrected chi connectivity index (χ4v) is 2.41. The Labute approximate surface area is 183 Å². The quantitative estimate of drug-likeness (QED) is 0.262. The zero-order valence-corrected chi connectivity index (χ0v) is 17.7. The molecule has 0 radical (unpaired) electrons. The highest BCUT2D eigenvalue weighted by atomic mass is 16.5. The van der Waals surface area contributed by atoms with Crippen molar-refractivity contribution in [1.82, 2.24) is 10.9 Å². The van der Waals surface area contributed by atoms with E-state index in [1.54, 1.807) is 0 Å². The van der Waals surface area contributed by atoms with E-state index in [4.69, 9.17) is 18.9 Å². The Morgan fingerprint density at radius 1 is 0.688 bits per heavy atom. The van der Waals surface area contributed by atoms with E-state index in [1.165, 1.54) is 65.1 Å². The predicted molar refractivity (Wildman–Crippen MR) is 114 cm³/mol. The van der Waals surface area contributed by atoms with Gasteiger partial charge in [0.2, 0.25) is 11.5 Å². The van der Waals surface area contributed by atoms with Crippen molar-refractivity contribution >= 4 is 24.2 Å². The lowest BCUT2D eigenvalue weighted by molar-refractivity contribution is -0.139. The number of rotatable bonds is 8. The normalized spacial score (nSPS) is 10.8. The van der Waals surface area contributed by atoms with Gasteiger partial charge >= 0.3 is 11.8 Å². The van der Waals surface area contributed by atoms with E-state index in [1.807, 2.05) is 10.9 Å². The van der Waals surface area contributed by atoms with E-state index in [2.05, 4.69) is 10.2 Å². The molecule has 0 aliphatic carbocycles. The number of amides is 2. The Bertz CT molecular complexity index is 918. The van der Waals surface area contributed by atoms with E-state index >= 15 is 0 Å². The first-order valence-electron chi connectivity index (χ1n) is 8.91. The van der Waals surface area contributed by atoms with Crippen molar-refractivity contribution in [2.75, 3.05) is 28.4 Å². The minimum Gasteiger partial charge on any atom is -0.502 e. The molecule has 0 fully saturated rings. The molecule has 2 aromatic rings. The smallest absolute Gasteiger partial charge is 0.331 e. The molecule has 0 unspecified atom stereocenters. The number of hydrazone groups is 2. The molecular weight excluding hydrogens is 424 g/mol. The summed E-state index contributed by atoms with van der Waals surface area (Å²) in [6.07, 6.45) is 2.46. The van der Waals surface area contributed by atoms with Gasteiger partial charge in [0.1, 0.15) is 0 Å². The number of methoxy groups -OCH3 is 4. The summed E-state index contributed by atoms with van der Waals surface area (Å²) in [6, 6.07) is 5.83. The van der Waals surface area contributed by atoms with Crippen LogP contribution in [0.15, 0.2) is 34.5 Å². The third-order valence-corrected chi connectivity index (χ3v) is 3.97. The summed E-state index contributed by atoms with van der Waals surface area (Å²) in [5.74, 6) is -1.93. The van der Waals surface area contributed by atoms with Gasteiger partial charge < -0.3 is 29.2 Å². The molecule has 0 bridgehead atoms. The van der Waals surface area contributed by atoms with Crippen LogP contribution in [0.4, 0.5) is 0 Å². The molecule has 12 heteroatoms. The zero-order valence-electron chi connectivity index (χ0n) is 17.7. The number of carbonyl (C=O) groups is 2. The molecule has 4 N–H and O–H groups in total. The van der Waals surface area contributed by atoms with E-state index in [-0.39, 0.29) is 34.5 Å². The number of nitrogens with zero attached hydrogens (tertiary/aromatic N) is 2. The van der Waals surface area contributed by atoms with Gasteiger partial charge in [-0.3, -0.25) is 9.59 Å². The highest BCUT2D eigenvalue weighted by Crippen LogP contribution is 2.37. The van der Waals surface area contributed by atoms with Gasteiger partial charge in [0.15, 0.2) is 23.0 Å². The molecule has 0 aromatic heterocycles. The molecule has 0 aliphatic rings. The summed E-state index contributed by atoms with van der Waals surface area (Å²) < 4.78 is 20.1. The molecule has 2 aromatic carbocycles. The highest BCUT2D eigenvalue weighted by molar-refractivity contribution is 6.35. The molecule has 0 atom stereocenters. The lowest BCUT2D eigenvalue weighted by atomic mass is 10.2. The van der Waals surface area contributed by atoms with Crippen LogP contribution in [0.1, 0.15) is 11.1 Å². The number of hydrogen-bond donors (Lipinski definition) is 4. The summed E-state index contributed by atoms with van der Waals surface area (Å²) in [5.41, 5.74) is 4.95. The molecule has 0 heterocycles. The van der Waals surface area contributed by atoms with E-state index in [9.17, 15) is 19.8 Å². The SMILES string of the molecule is COc1cc(C=NNC(=O)C(=O)NN=Cc2cc(OC)c(O)c(OC)c2)cc(OC)c1O.